The minimum atomic E-state index is -0.125. The summed E-state index contributed by atoms with van der Waals surface area (Å²) in [6.07, 6.45) is 2.79. The first-order chi connectivity index (χ1) is 11.5. The third-order valence-corrected chi connectivity index (χ3v) is 4.13. The largest absolute Gasteiger partial charge is 0.511 e. The maximum atomic E-state index is 12.6. The third-order valence-electron chi connectivity index (χ3n) is 3.95. The van der Waals surface area contributed by atoms with E-state index in [9.17, 15) is 9.90 Å². The van der Waals surface area contributed by atoms with Crippen molar-refractivity contribution in [3.8, 4) is 0 Å². The van der Waals surface area contributed by atoms with Crippen molar-refractivity contribution in [3.63, 3.8) is 0 Å². The molecular weight excluding hydrogens is 330 g/mol. The van der Waals surface area contributed by atoms with Gasteiger partial charge in [-0.1, -0.05) is 23.7 Å². The molecule has 0 aromatic carbocycles. The Morgan fingerprint density at radius 3 is 2.88 bits per heavy atom. The molecule has 0 bridgehead atoms. The number of aryl methyl sites for hydroxylation is 2. The predicted molar refractivity (Wildman–Crippen MR) is 93.3 cm³/mol. The van der Waals surface area contributed by atoms with Gasteiger partial charge in [-0.25, -0.2) is 0 Å². The molecule has 2 rings (SSSR count). The molecule has 130 valence electrons. The average molecular weight is 352 g/mol. The molecule has 1 aromatic rings. The lowest BCUT2D eigenvalue weighted by atomic mass is 9.83. The number of carbonyl (C=O) groups is 1. The number of aromatic nitrogens is 2. The second kappa shape index (κ2) is 8.15. The van der Waals surface area contributed by atoms with E-state index in [0.29, 0.717) is 25.0 Å². The zero-order valence-electron chi connectivity index (χ0n) is 14.1. The summed E-state index contributed by atoms with van der Waals surface area (Å²) in [5, 5.41) is 18.7. The number of nitrogens with zero attached hydrogens (tertiary/aromatic N) is 3. The number of oxime groups is 1. The smallest absolute Gasteiger partial charge is 0.168 e. The van der Waals surface area contributed by atoms with Gasteiger partial charge in [0.1, 0.15) is 12.4 Å². The molecule has 1 aliphatic rings. The van der Waals surface area contributed by atoms with Crippen LogP contribution in [-0.4, -0.2) is 33.0 Å². The van der Waals surface area contributed by atoms with Crippen LogP contribution < -0.4 is 0 Å². The molecule has 0 aliphatic heterocycles. The highest BCUT2D eigenvalue weighted by Gasteiger charge is 2.32. The van der Waals surface area contributed by atoms with Crippen molar-refractivity contribution < 1.29 is 14.7 Å². The summed E-state index contributed by atoms with van der Waals surface area (Å²) in [6.45, 7) is 3.99. The Bertz CT molecular complexity index is 704. The molecule has 0 spiro atoms. The fourth-order valence-electron chi connectivity index (χ4n) is 2.93. The Kier molecular flexibility index (Phi) is 6.20. The molecule has 0 fully saturated rings. The maximum Gasteiger partial charge on any atom is 0.168 e. The number of aliphatic hydroxyl groups is 1. The fraction of sp³-hybridized carbons (Fsp3) is 0.471. The summed E-state index contributed by atoms with van der Waals surface area (Å²) in [5.41, 5.74) is 3.92. The normalized spacial score (nSPS) is 19.4. The molecule has 1 aliphatic carbocycles. The molecule has 7 heteroatoms. The molecule has 1 heterocycles. The van der Waals surface area contributed by atoms with Crippen LogP contribution in [-0.2, 0) is 16.7 Å². The van der Waals surface area contributed by atoms with Gasteiger partial charge in [0.05, 0.1) is 17.0 Å². The topological polar surface area (TPSA) is 76.7 Å². The lowest BCUT2D eigenvalue weighted by molar-refractivity contribution is -0.116. The van der Waals surface area contributed by atoms with Crippen molar-refractivity contribution in [1.29, 1.82) is 0 Å². The molecule has 0 radical (unpaired) electrons. The van der Waals surface area contributed by atoms with Crippen molar-refractivity contribution in [3.05, 3.63) is 40.4 Å². The quantitative estimate of drug-likeness (QED) is 0.483. The van der Waals surface area contributed by atoms with Gasteiger partial charge in [-0.05, 0) is 25.5 Å². The lowest BCUT2D eigenvalue weighted by Crippen LogP contribution is -2.24. The van der Waals surface area contributed by atoms with Crippen molar-refractivity contribution in [2.24, 2.45) is 12.2 Å². The molecule has 0 saturated heterocycles. The summed E-state index contributed by atoms with van der Waals surface area (Å²) < 4.78 is 1.77. The van der Waals surface area contributed by atoms with Crippen LogP contribution in [0.15, 0.2) is 34.2 Å². The van der Waals surface area contributed by atoms with Gasteiger partial charge >= 0.3 is 0 Å². The van der Waals surface area contributed by atoms with Crippen LogP contribution in [0.5, 0.6) is 0 Å². The molecule has 0 saturated carbocycles. The minimum absolute atomic E-state index is 0.0622. The zero-order valence-corrected chi connectivity index (χ0v) is 14.9. The SMILES string of the molecule is CC/C(=N/OC/C=C/Cl)C1=C(O)CC(c2cc(C)nn2C)CC1=O. The van der Waals surface area contributed by atoms with Crippen LogP contribution in [0, 0.1) is 6.92 Å². The highest BCUT2D eigenvalue weighted by molar-refractivity contribution is 6.25. The number of carbonyl (C=O) groups excluding carboxylic acids is 1. The predicted octanol–water partition coefficient (Wildman–Crippen LogP) is 3.52. The maximum absolute atomic E-state index is 12.6. The Balaban J connectivity index is 2.23. The fourth-order valence-corrected chi connectivity index (χ4v) is 3.00. The number of halogens is 1. The van der Waals surface area contributed by atoms with Crippen LogP contribution in [0.2, 0.25) is 0 Å². The second-order valence-electron chi connectivity index (χ2n) is 5.73. The molecule has 0 amide bonds. The lowest BCUT2D eigenvalue weighted by Gasteiger charge is -2.23. The van der Waals surface area contributed by atoms with Gasteiger partial charge in [-0.3, -0.25) is 9.48 Å². The summed E-state index contributed by atoms with van der Waals surface area (Å²) >= 11 is 5.41. The second-order valence-corrected chi connectivity index (χ2v) is 5.99. The van der Waals surface area contributed by atoms with E-state index in [1.165, 1.54) is 5.54 Å². The van der Waals surface area contributed by atoms with E-state index >= 15 is 0 Å². The van der Waals surface area contributed by atoms with Gasteiger partial charge in [-0.2, -0.15) is 5.10 Å². The Hall–Kier alpha value is -2.08. The van der Waals surface area contributed by atoms with Crippen LogP contribution in [0.4, 0.5) is 0 Å². The first-order valence-electron chi connectivity index (χ1n) is 7.88. The van der Waals surface area contributed by atoms with Gasteiger partial charge < -0.3 is 9.94 Å². The molecule has 1 unspecified atom stereocenters. The van der Waals surface area contributed by atoms with Crippen LogP contribution in [0.25, 0.3) is 0 Å². The summed E-state index contributed by atoms with van der Waals surface area (Å²) in [7, 11) is 1.85. The van der Waals surface area contributed by atoms with E-state index in [4.69, 9.17) is 16.4 Å². The van der Waals surface area contributed by atoms with E-state index in [0.717, 1.165) is 11.4 Å². The van der Waals surface area contributed by atoms with E-state index < -0.39 is 0 Å². The minimum Gasteiger partial charge on any atom is -0.511 e. The molecule has 1 atom stereocenters. The zero-order chi connectivity index (χ0) is 17.7. The van der Waals surface area contributed by atoms with Crippen LogP contribution in [0.1, 0.15) is 43.5 Å². The Morgan fingerprint density at radius 1 is 1.58 bits per heavy atom. The van der Waals surface area contributed by atoms with Crippen molar-refractivity contribution in [2.75, 3.05) is 6.61 Å². The number of allylic oxidation sites excluding steroid dienone is 2. The van der Waals surface area contributed by atoms with E-state index in [1.807, 2.05) is 27.0 Å². The van der Waals surface area contributed by atoms with Gasteiger partial charge in [0.2, 0.25) is 0 Å². The first kappa shape index (κ1) is 18.3. The number of aliphatic hydroxyl groups excluding tert-OH is 1. The van der Waals surface area contributed by atoms with Gasteiger partial charge in [0.25, 0.3) is 0 Å². The molecule has 1 N–H and O–H groups in total. The Morgan fingerprint density at radius 2 is 2.33 bits per heavy atom. The monoisotopic (exact) mass is 351 g/mol. The molecule has 6 nitrogen and oxygen atoms in total. The summed E-state index contributed by atoms with van der Waals surface area (Å²) in [5.74, 6) is -0.141. The van der Waals surface area contributed by atoms with Crippen molar-refractivity contribution in [2.45, 2.75) is 39.0 Å². The number of hydrogen-bond acceptors (Lipinski definition) is 5. The first-order valence-corrected chi connectivity index (χ1v) is 8.31. The summed E-state index contributed by atoms with van der Waals surface area (Å²) in [6, 6.07) is 1.95. The van der Waals surface area contributed by atoms with E-state index in [2.05, 4.69) is 10.3 Å². The summed E-state index contributed by atoms with van der Waals surface area (Å²) in [4.78, 5) is 17.7. The molecule has 1 aromatic heterocycles. The van der Waals surface area contributed by atoms with Gasteiger partial charge in [0.15, 0.2) is 5.78 Å². The van der Waals surface area contributed by atoms with Crippen molar-refractivity contribution in [1.82, 2.24) is 9.78 Å². The van der Waals surface area contributed by atoms with Crippen LogP contribution in [0.3, 0.4) is 0 Å². The van der Waals surface area contributed by atoms with Crippen LogP contribution >= 0.6 is 11.6 Å². The third kappa shape index (κ3) is 4.06. The van der Waals surface area contributed by atoms with E-state index in [1.54, 1.807) is 10.8 Å². The molecular formula is C17H22ClN3O3. The van der Waals surface area contributed by atoms with E-state index in [-0.39, 0.29) is 29.6 Å². The highest BCUT2D eigenvalue weighted by atomic mass is 35.5. The average Bonchev–Trinajstić information content (AvgIpc) is 2.87. The molecule has 24 heavy (non-hydrogen) atoms. The highest BCUT2D eigenvalue weighted by Crippen LogP contribution is 2.34. The number of ketones is 1. The number of hydrogen-bond donors (Lipinski definition) is 1. The van der Waals surface area contributed by atoms with Gasteiger partial charge in [0, 0.05) is 37.0 Å². The van der Waals surface area contributed by atoms with Crippen molar-refractivity contribution >= 4 is 23.1 Å². The number of rotatable bonds is 6. The van der Waals surface area contributed by atoms with Gasteiger partial charge in [-0.15, -0.1) is 0 Å². The Labute approximate surface area is 146 Å². The number of Topliss-reactive ketones (excluding diaryl/α,β-unsaturated/α-hetero) is 1. The standard InChI is InChI=1S/C17H22ClN3O3/c1-4-13(20-24-7-5-6-18)17-15(22)9-12(10-16(17)23)14-8-11(2)19-21(14)3/h5-6,8,12,22H,4,7,9-10H2,1-3H3/b6-5+,20-13-.